The van der Waals surface area contributed by atoms with Gasteiger partial charge < -0.3 is 11.5 Å². The molecule has 0 fully saturated rings. The van der Waals surface area contributed by atoms with Crippen LogP contribution < -0.4 is 11.5 Å². The first-order chi connectivity index (χ1) is 3.65. The van der Waals surface area contributed by atoms with E-state index in [1.807, 2.05) is 0 Å². The Morgan fingerprint density at radius 2 is 1.38 bits per heavy atom. The van der Waals surface area contributed by atoms with Crippen molar-refractivity contribution in [2.45, 2.75) is 0 Å². The maximum atomic E-state index is 9.00. The summed E-state index contributed by atoms with van der Waals surface area (Å²) in [5.41, 5.74) is 8.50. The van der Waals surface area contributed by atoms with E-state index in [1.165, 1.54) is 14.2 Å². The van der Waals surface area contributed by atoms with Gasteiger partial charge in [0, 0.05) is 0 Å². The molecule has 0 atom stereocenters. The molecule has 0 unspecified atom stereocenters. The molecule has 0 aromatic rings. The Morgan fingerprint density at radius 1 is 1.25 bits per heavy atom. The van der Waals surface area contributed by atoms with Crippen LogP contribution in [0.25, 0.3) is 0 Å². The highest BCUT2D eigenvalue weighted by molar-refractivity contribution is 5.69. The van der Waals surface area contributed by atoms with Crippen LogP contribution in [0.1, 0.15) is 0 Å². The fourth-order valence-electron chi connectivity index (χ4n) is 0. The van der Waals surface area contributed by atoms with Gasteiger partial charge in [-0.1, -0.05) is 0 Å². The lowest BCUT2D eigenvalue weighted by Gasteiger charge is -1.78. The van der Waals surface area contributed by atoms with Crippen LogP contribution in [-0.2, 0) is 9.78 Å². The molecule has 0 aliphatic rings. The quantitative estimate of drug-likeness (QED) is 0.353. The summed E-state index contributed by atoms with van der Waals surface area (Å²) in [5.74, 6) is 0. The largest absolute Gasteiger partial charge is 0.352 e. The normalized spacial score (nSPS) is 6.75. The standard InChI is InChI=1S/C2H6O2.CH4N2O/c1-3-4-2;2-1(3)4/h1-2H3;(H4,2,3,4). The second kappa shape index (κ2) is 9.50. The molecule has 8 heavy (non-hydrogen) atoms. The van der Waals surface area contributed by atoms with Gasteiger partial charge >= 0.3 is 6.03 Å². The number of carbonyl (C=O) groups excluding carboxylic acids is 1. The smallest absolute Gasteiger partial charge is 0.309 e. The maximum Gasteiger partial charge on any atom is 0.309 e. The Kier molecular flexibility index (Phi) is 12.1. The van der Waals surface area contributed by atoms with E-state index in [2.05, 4.69) is 21.2 Å². The van der Waals surface area contributed by atoms with Gasteiger partial charge in [-0.25, -0.2) is 14.6 Å². The molecule has 0 saturated carbocycles. The van der Waals surface area contributed by atoms with Crippen molar-refractivity contribution in [3.63, 3.8) is 0 Å². The Labute approximate surface area is 47.5 Å². The van der Waals surface area contributed by atoms with E-state index in [0.29, 0.717) is 0 Å². The molecule has 0 aliphatic heterocycles. The minimum atomic E-state index is -0.833. The number of rotatable bonds is 1. The zero-order valence-corrected chi connectivity index (χ0v) is 4.88. The van der Waals surface area contributed by atoms with Crippen molar-refractivity contribution in [1.82, 2.24) is 0 Å². The van der Waals surface area contributed by atoms with Crippen molar-refractivity contribution in [3.8, 4) is 0 Å². The fraction of sp³-hybridized carbons (Fsp3) is 0.667. The monoisotopic (exact) mass is 122 g/mol. The van der Waals surface area contributed by atoms with Crippen molar-refractivity contribution in [2.24, 2.45) is 11.5 Å². The van der Waals surface area contributed by atoms with Crippen LogP contribution in [0.2, 0.25) is 0 Å². The Morgan fingerprint density at radius 3 is 1.38 bits per heavy atom. The van der Waals surface area contributed by atoms with E-state index in [0.717, 1.165) is 0 Å². The third-order valence-electron chi connectivity index (χ3n) is 0.167. The summed E-state index contributed by atoms with van der Waals surface area (Å²) in [6, 6.07) is -0.833. The molecule has 0 saturated heterocycles. The van der Waals surface area contributed by atoms with Crippen molar-refractivity contribution < 1.29 is 14.6 Å². The molecular weight excluding hydrogens is 112 g/mol. The first-order valence-corrected chi connectivity index (χ1v) is 1.76. The molecule has 0 bridgehead atoms. The molecule has 4 N–H and O–H groups in total. The van der Waals surface area contributed by atoms with Crippen molar-refractivity contribution in [1.29, 1.82) is 0 Å². The number of carbonyl (C=O) groups is 1. The van der Waals surface area contributed by atoms with Crippen molar-refractivity contribution in [3.05, 3.63) is 0 Å². The molecular formula is C3H10N2O3. The van der Waals surface area contributed by atoms with E-state index in [-0.39, 0.29) is 0 Å². The third-order valence-corrected chi connectivity index (χ3v) is 0.167. The van der Waals surface area contributed by atoms with Crippen LogP contribution in [0.15, 0.2) is 0 Å². The summed E-state index contributed by atoms with van der Waals surface area (Å²) < 4.78 is 0. The number of primary amides is 2. The molecule has 0 aliphatic carbocycles. The number of hydrogen-bond donors (Lipinski definition) is 2. The third kappa shape index (κ3) is 2520. The molecule has 5 nitrogen and oxygen atoms in total. The molecule has 50 valence electrons. The van der Waals surface area contributed by atoms with Crippen LogP contribution >= 0.6 is 0 Å². The van der Waals surface area contributed by atoms with Crippen LogP contribution in [0.5, 0.6) is 0 Å². The number of hydrogen-bond acceptors (Lipinski definition) is 3. The van der Waals surface area contributed by atoms with Crippen LogP contribution in [-0.4, -0.2) is 20.3 Å². The molecule has 0 spiro atoms. The lowest BCUT2D eigenvalue weighted by atomic mass is 11.2. The summed E-state index contributed by atoms with van der Waals surface area (Å²) in [4.78, 5) is 17.1. The van der Waals surface area contributed by atoms with Gasteiger partial charge in [-0.2, -0.15) is 0 Å². The van der Waals surface area contributed by atoms with E-state index >= 15 is 0 Å². The van der Waals surface area contributed by atoms with E-state index in [4.69, 9.17) is 4.79 Å². The molecule has 0 heterocycles. The second-order valence-electron chi connectivity index (χ2n) is 0.736. The van der Waals surface area contributed by atoms with Crippen molar-refractivity contribution >= 4 is 6.03 Å². The fourth-order valence-corrected chi connectivity index (χ4v) is 0. The van der Waals surface area contributed by atoms with Crippen LogP contribution in [0, 0.1) is 0 Å². The average Bonchev–Trinajstić information content (AvgIpc) is 1.65. The Hall–Kier alpha value is -0.810. The van der Waals surface area contributed by atoms with E-state index < -0.39 is 6.03 Å². The molecule has 2 amide bonds. The van der Waals surface area contributed by atoms with E-state index in [1.54, 1.807) is 0 Å². The minimum Gasteiger partial charge on any atom is -0.352 e. The number of nitrogens with two attached hydrogens (primary N) is 2. The van der Waals surface area contributed by atoms with Gasteiger partial charge in [0.1, 0.15) is 0 Å². The van der Waals surface area contributed by atoms with Crippen molar-refractivity contribution in [2.75, 3.05) is 14.2 Å². The highest BCUT2D eigenvalue weighted by atomic mass is 17.2. The van der Waals surface area contributed by atoms with Gasteiger partial charge in [-0.3, -0.25) is 0 Å². The molecule has 5 heteroatoms. The Balaban J connectivity index is 0. The molecule has 0 aromatic carbocycles. The number of urea groups is 1. The number of amides is 2. The zero-order chi connectivity index (χ0) is 6.99. The SMILES string of the molecule is COOC.NC(N)=O. The predicted octanol–water partition coefficient (Wildman–Crippen LogP) is -0.782. The summed E-state index contributed by atoms with van der Waals surface area (Å²) in [6.45, 7) is 0. The maximum absolute atomic E-state index is 9.00. The molecule has 0 radical (unpaired) electrons. The zero-order valence-electron chi connectivity index (χ0n) is 4.88. The lowest BCUT2D eigenvalue weighted by Crippen LogP contribution is -2.18. The summed E-state index contributed by atoms with van der Waals surface area (Å²) in [6.07, 6.45) is 0. The first-order valence-electron chi connectivity index (χ1n) is 1.76. The topological polar surface area (TPSA) is 87.6 Å². The first kappa shape index (κ1) is 10.2. The van der Waals surface area contributed by atoms with Gasteiger partial charge in [0.25, 0.3) is 0 Å². The minimum absolute atomic E-state index is 0.833. The summed E-state index contributed by atoms with van der Waals surface area (Å²) in [5, 5.41) is 0. The lowest BCUT2D eigenvalue weighted by molar-refractivity contribution is -0.248. The van der Waals surface area contributed by atoms with Gasteiger partial charge in [-0.05, 0) is 0 Å². The molecule has 0 aromatic heterocycles. The van der Waals surface area contributed by atoms with Gasteiger partial charge in [-0.15, -0.1) is 0 Å². The van der Waals surface area contributed by atoms with Crippen LogP contribution in [0.3, 0.4) is 0 Å². The highest BCUT2D eigenvalue weighted by Crippen LogP contribution is 1.52. The second-order valence-corrected chi connectivity index (χ2v) is 0.736. The van der Waals surface area contributed by atoms with Gasteiger partial charge in [0.15, 0.2) is 0 Å². The van der Waals surface area contributed by atoms with E-state index in [9.17, 15) is 0 Å². The van der Waals surface area contributed by atoms with Crippen LogP contribution in [0.4, 0.5) is 4.79 Å². The average molecular weight is 122 g/mol. The molecule has 0 rings (SSSR count). The summed E-state index contributed by atoms with van der Waals surface area (Å²) >= 11 is 0. The highest BCUT2D eigenvalue weighted by Gasteiger charge is 1.60. The Bertz CT molecular complexity index is 50.5. The summed E-state index contributed by atoms with van der Waals surface area (Å²) in [7, 11) is 2.92. The van der Waals surface area contributed by atoms with Gasteiger partial charge in [0.05, 0.1) is 14.2 Å². The predicted molar refractivity (Wildman–Crippen MR) is 27.8 cm³/mol. The van der Waals surface area contributed by atoms with Gasteiger partial charge in [0.2, 0.25) is 0 Å².